The summed E-state index contributed by atoms with van der Waals surface area (Å²) in [4.78, 5) is 0. The van der Waals surface area contributed by atoms with Crippen LogP contribution >= 0.6 is 11.8 Å². The van der Waals surface area contributed by atoms with Crippen LogP contribution in [0.4, 0.5) is 0 Å². The van der Waals surface area contributed by atoms with E-state index in [1.54, 1.807) is 11.8 Å². The molecule has 1 unspecified atom stereocenters. The Labute approximate surface area is 97.7 Å². The highest BCUT2D eigenvalue weighted by Gasteiger charge is 2.17. The number of unbranched alkanes of at least 4 members (excludes halogenated alkanes) is 1. The van der Waals surface area contributed by atoms with Crippen molar-refractivity contribution in [2.75, 3.05) is 18.9 Å². The summed E-state index contributed by atoms with van der Waals surface area (Å²) in [6.45, 7) is 5.26. The van der Waals surface area contributed by atoms with E-state index >= 15 is 0 Å². The van der Waals surface area contributed by atoms with E-state index < -0.39 is 6.23 Å². The van der Waals surface area contributed by atoms with Gasteiger partial charge in [-0.2, -0.15) is 11.8 Å². The van der Waals surface area contributed by atoms with Gasteiger partial charge in [-0.25, -0.2) is 0 Å². The summed E-state index contributed by atoms with van der Waals surface area (Å²) in [5.74, 6) is 1.04. The van der Waals surface area contributed by atoms with Crippen molar-refractivity contribution in [1.29, 1.82) is 0 Å². The maximum absolute atomic E-state index is 9.85. The van der Waals surface area contributed by atoms with Gasteiger partial charge in [-0.15, -0.1) is 0 Å². The fourth-order valence-corrected chi connectivity index (χ4v) is 2.38. The van der Waals surface area contributed by atoms with E-state index in [4.69, 9.17) is 5.11 Å². The van der Waals surface area contributed by atoms with Gasteiger partial charge in [-0.3, -0.25) is 5.32 Å². The number of thioether (sulfide) groups is 1. The van der Waals surface area contributed by atoms with Crippen molar-refractivity contribution in [2.24, 2.45) is 0 Å². The second kappa shape index (κ2) is 10.7. The molecule has 0 aliphatic rings. The molecule has 0 aliphatic carbocycles. The van der Waals surface area contributed by atoms with E-state index in [9.17, 15) is 5.11 Å². The summed E-state index contributed by atoms with van der Waals surface area (Å²) in [5.41, 5.74) is 0. The molecule has 0 radical (unpaired) electrons. The number of aliphatic hydroxyl groups excluding tert-OH is 2. The molecule has 0 aromatic rings. The van der Waals surface area contributed by atoms with E-state index in [1.807, 2.05) is 0 Å². The van der Waals surface area contributed by atoms with Gasteiger partial charge in [0.05, 0.1) is 0 Å². The summed E-state index contributed by atoms with van der Waals surface area (Å²) >= 11 is 1.74. The monoisotopic (exact) mass is 235 g/mol. The van der Waals surface area contributed by atoms with Gasteiger partial charge >= 0.3 is 0 Å². The Kier molecular flexibility index (Phi) is 10.9. The van der Waals surface area contributed by atoms with E-state index in [0.29, 0.717) is 6.42 Å². The molecular weight excluding hydrogens is 210 g/mol. The summed E-state index contributed by atoms with van der Waals surface area (Å²) in [6, 6.07) is 0. The van der Waals surface area contributed by atoms with Crippen molar-refractivity contribution >= 4 is 11.8 Å². The first-order valence-electron chi connectivity index (χ1n) is 5.90. The van der Waals surface area contributed by atoms with Gasteiger partial charge in [0, 0.05) is 11.9 Å². The Bertz CT molecular complexity index is 136. The predicted molar refractivity (Wildman–Crippen MR) is 67.2 cm³/mol. The van der Waals surface area contributed by atoms with Gasteiger partial charge in [0.15, 0.2) is 0 Å². The van der Waals surface area contributed by atoms with Crippen LogP contribution in [0.3, 0.4) is 0 Å². The number of rotatable bonds is 10. The van der Waals surface area contributed by atoms with Gasteiger partial charge < -0.3 is 10.2 Å². The standard InChI is InChI=1S/C11H25NO2S/c1-3-5-7-12-11(14)10(6-8-13)15-9-4-2/h10-14H,3-9H2,1-2H3/t10?,11-/m1/s1. The SMILES string of the molecule is CCCCN[C@H](O)C(CCO)SCCC. The Morgan fingerprint density at radius 1 is 1.27 bits per heavy atom. The van der Waals surface area contributed by atoms with Crippen molar-refractivity contribution in [2.45, 2.75) is 51.0 Å². The lowest BCUT2D eigenvalue weighted by atomic mass is 10.2. The van der Waals surface area contributed by atoms with Crippen LogP contribution in [0.5, 0.6) is 0 Å². The zero-order valence-corrected chi connectivity index (χ0v) is 10.7. The van der Waals surface area contributed by atoms with E-state index in [-0.39, 0.29) is 11.9 Å². The largest absolute Gasteiger partial charge is 0.396 e. The third-order valence-corrected chi connectivity index (χ3v) is 3.75. The molecule has 0 saturated heterocycles. The van der Waals surface area contributed by atoms with Crippen LogP contribution in [0.1, 0.15) is 39.5 Å². The molecule has 3 N–H and O–H groups in total. The molecule has 92 valence electrons. The normalized spacial score (nSPS) is 15.2. The highest BCUT2D eigenvalue weighted by molar-refractivity contribution is 7.99. The topological polar surface area (TPSA) is 52.5 Å². The average Bonchev–Trinajstić information content (AvgIpc) is 2.24. The van der Waals surface area contributed by atoms with Gasteiger partial charge in [0.1, 0.15) is 6.23 Å². The van der Waals surface area contributed by atoms with Crippen LogP contribution < -0.4 is 5.32 Å². The zero-order chi connectivity index (χ0) is 11.5. The quantitative estimate of drug-likeness (QED) is 0.397. The lowest BCUT2D eigenvalue weighted by Gasteiger charge is -2.22. The minimum absolute atomic E-state index is 0.117. The van der Waals surface area contributed by atoms with Crippen molar-refractivity contribution in [3.63, 3.8) is 0 Å². The second-order valence-electron chi connectivity index (χ2n) is 3.67. The third-order valence-electron chi connectivity index (χ3n) is 2.19. The van der Waals surface area contributed by atoms with E-state index in [0.717, 1.165) is 31.6 Å². The maximum atomic E-state index is 9.85. The summed E-state index contributed by atoms with van der Waals surface area (Å²) < 4.78 is 0. The summed E-state index contributed by atoms with van der Waals surface area (Å²) in [5, 5.41) is 22.0. The maximum Gasteiger partial charge on any atom is 0.116 e. The minimum atomic E-state index is -0.486. The molecule has 4 heteroatoms. The summed E-state index contributed by atoms with van der Waals surface area (Å²) in [6.07, 6.45) is 3.49. The van der Waals surface area contributed by atoms with Crippen molar-refractivity contribution in [1.82, 2.24) is 5.32 Å². The van der Waals surface area contributed by atoms with Gasteiger partial charge in [-0.05, 0) is 31.6 Å². The Hall–Kier alpha value is 0.230. The van der Waals surface area contributed by atoms with Crippen LogP contribution in [0, 0.1) is 0 Å². The average molecular weight is 235 g/mol. The highest BCUT2D eigenvalue weighted by atomic mass is 32.2. The van der Waals surface area contributed by atoms with Gasteiger partial charge in [-0.1, -0.05) is 20.3 Å². The number of hydrogen-bond donors (Lipinski definition) is 3. The van der Waals surface area contributed by atoms with Crippen LogP contribution in [0.2, 0.25) is 0 Å². The lowest BCUT2D eigenvalue weighted by molar-refractivity contribution is 0.123. The molecule has 0 heterocycles. The molecule has 0 saturated carbocycles. The Morgan fingerprint density at radius 3 is 2.53 bits per heavy atom. The first-order chi connectivity index (χ1) is 7.26. The third kappa shape index (κ3) is 8.08. The summed E-state index contributed by atoms with van der Waals surface area (Å²) in [7, 11) is 0. The molecule has 0 amide bonds. The van der Waals surface area contributed by atoms with Crippen LogP contribution in [-0.4, -0.2) is 40.6 Å². The van der Waals surface area contributed by atoms with Crippen molar-refractivity contribution < 1.29 is 10.2 Å². The molecule has 3 nitrogen and oxygen atoms in total. The molecule has 0 rings (SSSR count). The highest BCUT2D eigenvalue weighted by Crippen LogP contribution is 2.18. The molecule has 2 atom stereocenters. The molecule has 0 fully saturated rings. The number of hydrogen-bond acceptors (Lipinski definition) is 4. The lowest BCUT2D eigenvalue weighted by Crippen LogP contribution is -2.39. The molecule has 0 aromatic carbocycles. The molecule has 0 spiro atoms. The molecular formula is C11H25NO2S. The smallest absolute Gasteiger partial charge is 0.116 e. The van der Waals surface area contributed by atoms with E-state index in [1.165, 1.54) is 0 Å². The number of nitrogens with one attached hydrogen (secondary N) is 1. The minimum Gasteiger partial charge on any atom is -0.396 e. The second-order valence-corrected chi connectivity index (χ2v) is 5.02. The Balaban J connectivity index is 3.75. The Morgan fingerprint density at radius 2 is 2.00 bits per heavy atom. The van der Waals surface area contributed by atoms with Crippen molar-refractivity contribution in [3.8, 4) is 0 Å². The molecule has 0 bridgehead atoms. The van der Waals surface area contributed by atoms with Crippen LogP contribution in [-0.2, 0) is 0 Å². The molecule has 15 heavy (non-hydrogen) atoms. The molecule has 0 aliphatic heterocycles. The zero-order valence-electron chi connectivity index (χ0n) is 9.91. The van der Waals surface area contributed by atoms with Gasteiger partial charge in [0.25, 0.3) is 0 Å². The van der Waals surface area contributed by atoms with Crippen molar-refractivity contribution in [3.05, 3.63) is 0 Å². The predicted octanol–water partition coefficient (Wildman–Crippen LogP) is 1.59. The van der Waals surface area contributed by atoms with Crippen LogP contribution in [0.15, 0.2) is 0 Å². The fourth-order valence-electron chi connectivity index (χ4n) is 1.29. The van der Waals surface area contributed by atoms with E-state index in [2.05, 4.69) is 19.2 Å². The first kappa shape index (κ1) is 15.2. The van der Waals surface area contributed by atoms with Crippen LogP contribution in [0.25, 0.3) is 0 Å². The van der Waals surface area contributed by atoms with Gasteiger partial charge in [0.2, 0.25) is 0 Å². The first-order valence-corrected chi connectivity index (χ1v) is 6.95. The molecule has 0 aromatic heterocycles. The number of aliphatic hydroxyl groups is 2. The fraction of sp³-hybridized carbons (Fsp3) is 1.00.